The number of anilines is 2. The molecule has 0 aliphatic rings. The molecule has 3 N–H and O–H groups in total. The number of aryl methyl sites for hydroxylation is 1. The Morgan fingerprint density at radius 3 is 2.84 bits per heavy atom. The number of ether oxygens (including phenoxy) is 1. The van der Waals surface area contributed by atoms with Crippen LogP contribution in [0.25, 0.3) is 0 Å². The summed E-state index contributed by atoms with van der Waals surface area (Å²) in [6.07, 6.45) is 0.110. The predicted molar refractivity (Wildman–Crippen MR) is 80.8 cm³/mol. The molecule has 102 valence electrons. The minimum Gasteiger partial charge on any atom is -0.489 e. The molecule has 0 saturated carbocycles. The van der Waals surface area contributed by atoms with Crippen LogP contribution in [0, 0.1) is 6.92 Å². The van der Waals surface area contributed by atoms with Gasteiger partial charge in [-0.3, -0.25) is 0 Å². The van der Waals surface area contributed by atoms with Crippen LogP contribution >= 0.6 is 11.3 Å². The second-order valence-electron chi connectivity index (χ2n) is 4.62. The van der Waals surface area contributed by atoms with E-state index in [1.807, 2.05) is 44.4 Å². The highest BCUT2D eigenvalue weighted by Gasteiger charge is 2.08. The second-order valence-corrected chi connectivity index (χ2v) is 5.56. The molecule has 1 aromatic carbocycles. The zero-order valence-corrected chi connectivity index (χ0v) is 12.3. The molecule has 2 rings (SSSR count). The molecule has 0 fully saturated rings. The fraction of sp³-hybridized carbons (Fsp3) is 0.357. The van der Waals surface area contributed by atoms with E-state index in [2.05, 4.69) is 10.3 Å². The van der Waals surface area contributed by atoms with Crippen molar-refractivity contribution in [1.82, 2.24) is 4.98 Å². The van der Waals surface area contributed by atoms with E-state index in [0.29, 0.717) is 12.2 Å². The summed E-state index contributed by atoms with van der Waals surface area (Å²) < 4.78 is 5.66. The number of nitrogens with two attached hydrogens (primary N) is 1. The first-order valence-corrected chi connectivity index (χ1v) is 7.14. The van der Waals surface area contributed by atoms with Gasteiger partial charge >= 0.3 is 0 Å². The quantitative estimate of drug-likeness (QED) is 0.822. The van der Waals surface area contributed by atoms with E-state index in [-0.39, 0.29) is 6.10 Å². The van der Waals surface area contributed by atoms with Crippen molar-refractivity contribution in [2.75, 3.05) is 11.1 Å². The lowest BCUT2D eigenvalue weighted by molar-refractivity contribution is 0.244. The van der Waals surface area contributed by atoms with Crippen molar-refractivity contribution in [2.24, 2.45) is 0 Å². The Bertz CT molecular complexity index is 551. The number of thiazole rings is 1. The van der Waals surface area contributed by atoms with E-state index >= 15 is 0 Å². The van der Waals surface area contributed by atoms with Crippen molar-refractivity contribution < 1.29 is 4.74 Å². The molecule has 2 aromatic rings. The standard InChI is InChI=1S/C14H19N3OS/c1-9(2)18-12-6-4-5-11(14(12)15)16-7-13-17-10(3)8-19-13/h4-6,8-9,16H,7,15H2,1-3H3. The Balaban J connectivity index is 2.08. The molecule has 0 aliphatic heterocycles. The lowest BCUT2D eigenvalue weighted by Gasteiger charge is -2.15. The molecule has 19 heavy (non-hydrogen) atoms. The Kier molecular flexibility index (Phi) is 4.27. The third-order valence-electron chi connectivity index (χ3n) is 2.53. The Morgan fingerprint density at radius 1 is 1.42 bits per heavy atom. The maximum Gasteiger partial charge on any atom is 0.144 e. The van der Waals surface area contributed by atoms with Crippen LogP contribution in [-0.2, 0) is 6.54 Å². The van der Waals surface area contributed by atoms with E-state index < -0.39 is 0 Å². The maximum atomic E-state index is 6.10. The van der Waals surface area contributed by atoms with Crippen molar-refractivity contribution >= 4 is 22.7 Å². The highest BCUT2D eigenvalue weighted by molar-refractivity contribution is 7.09. The molecule has 0 aliphatic carbocycles. The van der Waals surface area contributed by atoms with Gasteiger partial charge in [-0.2, -0.15) is 0 Å². The van der Waals surface area contributed by atoms with E-state index in [9.17, 15) is 0 Å². The molecular formula is C14H19N3OS. The Hall–Kier alpha value is -1.75. The third kappa shape index (κ3) is 3.61. The summed E-state index contributed by atoms with van der Waals surface area (Å²) >= 11 is 1.64. The van der Waals surface area contributed by atoms with Crippen molar-refractivity contribution in [3.05, 3.63) is 34.3 Å². The van der Waals surface area contributed by atoms with Crippen LogP contribution in [0.4, 0.5) is 11.4 Å². The van der Waals surface area contributed by atoms with Gasteiger partial charge in [0, 0.05) is 11.1 Å². The first-order chi connectivity index (χ1) is 9.06. The molecule has 0 saturated heterocycles. The molecular weight excluding hydrogens is 258 g/mol. The minimum atomic E-state index is 0.110. The molecule has 0 bridgehead atoms. The Morgan fingerprint density at radius 2 is 2.21 bits per heavy atom. The van der Waals surface area contributed by atoms with Crippen LogP contribution < -0.4 is 15.8 Å². The molecule has 0 amide bonds. The minimum absolute atomic E-state index is 0.110. The van der Waals surface area contributed by atoms with Crippen LogP contribution in [-0.4, -0.2) is 11.1 Å². The number of aromatic nitrogens is 1. The summed E-state index contributed by atoms with van der Waals surface area (Å²) in [6.45, 7) is 6.63. The Labute approximate surface area is 117 Å². The molecule has 0 spiro atoms. The van der Waals surface area contributed by atoms with Crippen molar-refractivity contribution in [3.8, 4) is 5.75 Å². The van der Waals surface area contributed by atoms with E-state index in [0.717, 1.165) is 22.1 Å². The number of rotatable bonds is 5. The molecule has 5 heteroatoms. The van der Waals surface area contributed by atoms with Crippen molar-refractivity contribution in [3.63, 3.8) is 0 Å². The first-order valence-electron chi connectivity index (χ1n) is 6.26. The second kappa shape index (κ2) is 5.93. The largest absolute Gasteiger partial charge is 0.489 e. The van der Waals surface area contributed by atoms with Crippen LogP contribution in [0.3, 0.4) is 0 Å². The van der Waals surface area contributed by atoms with Crippen molar-refractivity contribution in [2.45, 2.75) is 33.4 Å². The van der Waals surface area contributed by atoms with Crippen LogP contribution in [0.15, 0.2) is 23.6 Å². The number of para-hydroxylation sites is 1. The highest BCUT2D eigenvalue weighted by Crippen LogP contribution is 2.30. The number of hydrogen-bond acceptors (Lipinski definition) is 5. The lowest BCUT2D eigenvalue weighted by Crippen LogP contribution is -2.09. The van der Waals surface area contributed by atoms with Gasteiger partial charge in [-0.1, -0.05) is 6.07 Å². The molecule has 4 nitrogen and oxygen atoms in total. The molecule has 0 radical (unpaired) electrons. The van der Waals surface area contributed by atoms with Crippen molar-refractivity contribution in [1.29, 1.82) is 0 Å². The number of nitrogens with one attached hydrogen (secondary N) is 1. The fourth-order valence-corrected chi connectivity index (χ4v) is 2.42. The zero-order chi connectivity index (χ0) is 13.8. The molecule has 1 heterocycles. The molecule has 1 aromatic heterocycles. The predicted octanol–water partition coefficient (Wildman–Crippen LogP) is 3.43. The number of benzene rings is 1. The van der Waals surface area contributed by atoms with E-state index in [4.69, 9.17) is 10.5 Å². The van der Waals surface area contributed by atoms with Gasteiger partial charge in [-0.05, 0) is 32.9 Å². The fourth-order valence-electron chi connectivity index (χ4n) is 1.71. The van der Waals surface area contributed by atoms with Gasteiger partial charge in [0.05, 0.1) is 24.0 Å². The zero-order valence-electron chi connectivity index (χ0n) is 11.4. The van der Waals surface area contributed by atoms with Gasteiger partial charge in [-0.25, -0.2) is 4.98 Å². The average molecular weight is 277 g/mol. The first kappa shape index (κ1) is 13.7. The summed E-state index contributed by atoms with van der Waals surface area (Å²) in [4.78, 5) is 4.41. The van der Waals surface area contributed by atoms with Crippen LogP contribution in [0.5, 0.6) is 5.75 Å². The summed E-state index contributed by atoms with van der Waals surface area (Å²) in [6, 6.07) is 5.76. The van der Waals surface area contributed by atoms with Gasteiger partial charge in [0.1, 0.15) is 10.8 Å². The number of hydrogen-bond donors (Lipinski definition) is 2. The monoisotopic (exact) mass is 277 g/mol. The normalized spacial score (nSPS) is 10.7. The average Bonchev–Trinajstić information content (AvgIpc) is 2.76. The number of nitrogens with zero attached hydrogens (tertiary/aromatic N) is 1. The topological polar surface area (TPSA) is 60.2 Å². The summed E-state index contributed by atoms with van der Waals surface area (Å²) in [5.41, 5.74) is 8.67. The smallest absolute Gasteiger partial charge is 0.144 e. The number of nitrogen functional groups attached to an aromatic ring is 1. The maximum absolute atomic E-state index is 6.10. The van der Waals surface area contributed by atoms with E-state index in [1.54, 1.807) is 11.3 Å². The SMILES string of the molecule is Cc1csc(CNc2cccc(OC(C)C)c2N)n1. The highest BCUT2D eigenvalue weighted by atomic mass is 32.1. The van der Waals surface area contributed by atoms with Gasteiger partial charge in [-0.15, -0.1) is 11.3 Å². The summed E-state index contributed by atoms with van der Waals surface area (Å²) in [7, 11) is 0. The van der Waals surface area contributed by atoms with Gasteiger partial charge in [0.2, 0.25) is 0 Å². The molecule has 0 atom stereocenters. The third-order valence-corrected chi connectivity index (χ3v) is 3.49. The summed E-state index contributed by atoms with van der Waals surface area (Å²) in [5, 5.41) is 6.39. The van der Waals surface area contributed by atoms with Gasteiger partial charge in [0.15, 0.2) is 0 Å². The van der Waals surface area contributed by atoms with E-state index in [1.165, 1.54) is 0 Å². The van der Waals surface area contributed by atoms with Gasteiger partial charge in [0.25, 0.3) is 0 Å². The van der Waals surface area contributed by atoms with Crippen LogP contribution in [0.1, 0.15) is 24.5 Å². The van der Waals surface area contributed by atoms with Crippen LogP contribution in [0.2, 0.25) is 0 Å². The summed E-state index contributed by atoms with van der Waals surface area (Å²) in [5.74, 6) is 0.718. The lowest BCUT2D eigenvalue weighted by atomic mass is 10.2. The van der Waals surface area contributed by atoms with Gasteiger partial charge < -0.3 is 15.8 Å². The molecule has 0 unspecified atom stereocenters.